The van der Waals surface area contributed by atoms with Gasteiger partial charge in [-0.2, -0.15) is 5.11 Å². The van der Waals surface area contributed by atoms with Gasteiger partial charge in [0, 0.05) is 12.8 Å². The van der Waals surface area contributed by atoms with Gasteiger partial charge in [-0.05, 0) is 6.42 Å². The average molecular weight is 155 g/mol. The van der Waals surface area contributed by atoms with Crippen LogP contribution in [0.4, 0.5) is 13.2 Å². The highest BCUT2D eigenvalue weighted by Gasteiger charge is 2.47. The number of ether oxygens (including phenoxy) is 1. The van der Waals surface area contributed by atoms with Gasteiger partial charge in [-0.25, -0.2) is 0 Å². The maximum atomic E-state index is 11.3. The highest BCUT2D eigenvalue weighted by molar-refractivity contribution is 4.77. The van der Waals surface area contributed by atoms with Crippen LogP contribution in [0.3, 0.4) is 0 Å². The molecule has 0 atom stereocenters. The summed E-state index contributed by atoms with van der Waals surface area (Å²) in [6.07, 6.45) is -4.32. The zero-order valence-corrected chi connectivity index (χ0v) is 5.07. The number of halogens is 3. The zero-order chi connectivity index (χ0) is 7.83. The lowest BCUT2D eigenvalue weighted by Crippen LogP contribution is -2.42. The van der Waals surface area contributed by atoms with E-state index in [1.165, 1.54) is 0 Å². The maximum absolute atomic E-state index is 11.3. The molecule has 0 amide bonds. The van der Waals surface area contributed by atoms with Gasteiger partial charge in [0.15, 0.2) is 0 Å². The van der Waals surface area contributed by atoms with Crippen LogP contribution in [0.5, 0.6) is 0 Å². The van der Waals surface area contributed by atoms with Gasteiger partial charge in [-0.1, -0.05) is 0 Å². The molecule has 0 aliphatic heterocycles. The third-order valence-corrected chi connectivity index (χ3v) is 1.42. The Bertz CT molecular complexity index is 127. The normalized spacial score (nSPS) is 24.0. The standard InChI is InChI=1S/C5H6F3O2/c6-5(7,8)10-4(9)2-1-3-4/h1-3H2. The smallest absolute Gasteiger partial charge is 0.256 e. The lowest BCUT2D eigenvalue weighted by molar-refractivity contribution is -0.438. The highest BCUT2D eigenvalue weighted by Crippen LogP contribution is 2.38. The molecule has 0 N–H and O–H groups in total. The molecule has 0 aromatic heterocycles. The van der Waals surface area contributed by atoms with E-state index in [1.54, 1.807) is 0 Å². The molecule has 0 bridgehead atoms. The molecule has 1 radical (unpaired) electrons. The Balaban J connectivity index is 2.37. The van der Waals surface area contributed by atoms with Crippen molar-refractivity contribution >= 4 is 0 Å². The van der Waals surface area contributed by atoms with Crippen LogP contribution in [0.15, 0.2) is 0 Å². The van der Waals surface area contributed by atoms with Crippen LogP contribution >= 0.6 is 0 Å². The van der Waals surface area contributed by atoms with E-state index < -0.39 is 12.1 Å². The van der Waals surface area contributed by atoms with Gasteiger partial charge in [0.25, 0.3) is 0 Å². The predicted molar refractivity (Wildman–Crippen MR) is 24.4 cm³/mol. The second kappa shape index (κ2) is 2.10. The van der Waals surface area contributed by atoms with E-state index in [9.17, 15) is 18.3 Å². The summed E-state index contributed by atoms with van der Waals surface area (Å²) in [5, 5.41) is 10.6. The molecule has 0 unspecified atom stereocenters. The molecule has 1 saturated carbocycles. The number of hydrogen-bond donors (Lipinski definition) is 0. The van der Waals surface area contributed by atoms with Crippen LogP contribution in [0.25, 0.3) is 0 Å². The fraction of sp³-hybridized carbons (Fsp3) is 1.00. The van der Waals surface area contributed by atoms with Crippen molar-refractivity contribution in [3.63, 3.8) is 0 Å². The quantitative estimate of drug-likeness (QED) is 0.531. The summed E-state index contributed by atoms with van der Waals surface area (Å²) >= 11 is 0. The van der Waals surface area contributed by atoms with Gasteiger partial charge < -0.3 is 0 Å². The summed E-state index contributed by atoms with van der Waals surface area (Å²) in [5.41, 5.74) is 0. The monoisotopic (exact) mass is 155 g/mol. The topological polar surface area (TPSA) is 29.1 Å². The first-order chi connectivity index (χ1) is 4.41. The minimum Gasteiger partial charge on any atom is -0.256 e. The molecule has 1 aliphatic carbocycles. The average Bonchev–Trinajstić information content (AvgIpc) is 1.57. The summed E-state index contributed by atoms with van der Waals surface area (Å²) in [7, 11) is 0. The fourth-order valence-electron chi connectivity index (χ4n) is 0.778. The summed E-state index contributed by atoms with van der Waals surface area (Å²) in [5.74, 6) is -2.17. The Hall–Kier alpha value is -0.290. The maximum Gasteiger partial charge on any atom is 0.525 e. The van der Waals surface area contributed by atoms with Crippen molar-refractivity contribution in [1.29, 1.82) is 0 Å². The van der Waals surface area contributed by atoms with Crippen LogP contribution in [0, 0.1) is 0 Å². The SMILES string of the molecule is [O]C1(OC(F)(F)F)CCC1. The molecule has 2 nitrogen and oxygen atoms in total. The Kier molecular flexibility index (Phi) is 1.64. The lowest BCUT2D eigenvalue weighted by atomic mass is 9.92. The fourth-order valence-corrected chi connectivity index (χ4v) is 0.778. The molecule has 0 aromatic carbocycles. The third-order valence-electron chi connectivity index (χ3n) is 1.42. The summed E-state index contributed by atoms with van der Waals surface area (Å²) in [4.78, 5) is 0. The molecule has 0 saturated heterocycles. The van der Waals surface area contributed by atoms with Crippen molar-refractivity contribution in [2.45, 2.75) is 31.4 Å². The van der Waals surface area contributed by atoms with Crippen LogP contribution in [-0.4, -0.2) is 12.1 Å². The van der Waals surface area contributed by atoms with E-state index in [1.807, 2.05) is 0 Å². The first kappa shape index (κ1) is 7.81. The van der Waals surface area contributed by atoms with Gasteiger partial charge in [0.1, 0.15) is 0 Å². The zero-order valence-electron chi connectivity index (χ0n) is 5.07. The Morgan fingerprint density at radius 3 is 1.90 bits per heavy atom. The minimum absolute atomic E-state index is 0.0352. The van der Waals surface area contributed by atoms with Gasteiger partial charge in [-0.15, -0.1) is 13.2 Å². The molecule has 0 spiro atoms. The Morgan fingerprint density at radius 2 is 1.80 bits per heavy atom. The molecule has 1 rings (SSSR count). The van der Waals surface area contributed by atoms with Crippen LogP contribution in [0.2, 0.25) is 0 Å². The molecular formula is C5H6F3O2. The van der Waals surface area contributed by atoms with E-state index in [2.05, 4.69) is 4.74 Å². The first-order valence-corrected chi connectivity index (χ1v) is 2.89. The summed E-state index contributed by atoms with van der Waals surface area (Å²) in [6.45, 7) is 0. The summed E-state index contributed by atoms with van der Waals surface area (Å²) < 4.78 is 37.4. The minimum atomic E-state index is -4.78. The van der Waals surface area contributed by atoms with Crippen LogP contribution < -0.4 is 0 Å². The van der Waals surface area contributed by atoms with Crippen molar-refractivity contribution < 1.29 is 23.0 Å². The summed E-state index contributed by atoms with van der Waals surface area (Å²) in [6, 6.07) is 0. The first-order valence-electron chi connectivity index (χ1n) is 2.89. The molecule has 59 valence electrons. The van der Waals surface area contributed by atoms with Gasteiger partial charge in [0.05, 0.1) is 0 Å². The Morgan fingerprint density at radius 1 is 1.30 bits per heavy atom. The van der Waals surface area contributed by atoms with E-state index in [-0.39, 0.29) is 12.8 Å². The lowest BCUT2D eigenvalue weighted by Gasteiger charge is -2.33. The largest absolute Gasteiger partial charge is 0.525 e. The second-order valence-electron chi connectivity index (χ2n) is 2.31. The van der Waals surface area contributed by atoms with E-state index in [4.69, 9.17) is 0 Å². The molecule has 1 fully saturated rings. The highest BCUT2D eigenvalue weighted by atomic mass is 19.4. The van der Waals surface area contributed by atoms with E-state index in [0.717, 1.165) is 0 Å². The van der Waals surface area contributed by atoms with Gasteiger partial charge in [-0.3, -0.25) is 4.74 Å². The van der Waals surface area contributed by atoms with Crippen molar-refractivity contribution in [3.05, 3.63) is 0 Å². The molecule has 5 heteroatoms. The third kappa shape index (κ3) is 1.85. The number of hydrogen-bond acceptors (Lipinski definition) is 1. The number of rotatable bonds is 1. The van der Waals surface area contributed by atoms with Crippen molar-refractivity contribution in [2.75, 3.05) is 0 Å². The van der Waals surface area contributed by atoms with E-state index in [0.29, 0.717) is 6.42 Å². The van der Waals surface area contributed by atoms with Crippen LogP contribution in [-0.2, 0) is 9.84 Å². The second-order valence-corrected chi connectivity index (χ2v) is 2.31. The molecular weight excluding hydrogens is 149 g/mol. The van der Waals surface area contributed by atoms with E-state index >= 15 is 0 Å². The molecule has 0 heterocycles. The van der Waals surface area contributed by atoms with Crippen molar-refractivity contribution in [2.24, 2.45) is 0 Å². The molecule has 0 aromatic rings. The van der Waals surface area contributed by atoms with Crippen molar-refractivity contribution in [3.8, 4) is 0 Å². The molecule has 10 heavy (non-hydrogen) atoms. The predicted octanol–water partition coefficient (Wildman–Crippen LogP) is 1.83. The Labute approximate surface area is 55.6 Å². The van der Waals surface area contributed by atoms with Gasteiger partial charge >= 0.3 is 6.36 Å². The van der Waals surface area contributed by atoms with Crippen LogP contribution in [0.1, 0.15) is 19.3 Å². The molecule has 1 aliphatic rings. The van der Waals surface area contributed by atoms with Gasteiger partial charge in [0.2, 0.25) is 5.79 Å². The van der Waals surface area contributed by atoms with Crippen molar-refractivity contribution in [1.82, 2.24) is 0 Å². The number of alkyl halides is 3.